The summed E-state index contributed by atoms with van der Waals surface area (Å²) in [5.74, 6) is -0.186. The highest BCUT2D eigenvalue weighted by Gasteiger charge is 2.15. The number of hydrogen-bond acceptors (Lipinski definition) is 5. The van der Waals surface area contributed by atoms with Gasteiger partial charge in [0.2, 0.25) is 5.13 Å². The number of carbonyl (C=O) groups is 1. The number of thiazole rings is 1. The van der Waals surface area contributed by atoms with Crippen LogP contribution in [0.3, 0.4) is 0 Å². The monoisotopic (exact) mass is 400 g/mol. The van der Waals surface area contributed by atoms with E-state index >= 15 is 0 Å². The molecule has 27 heavy (non-hydrogen) atoms. The molecule has 0 radical (unpaired) electrons. The van der Waals surface area contributed by atoms with Crippen molar-refractivity contribution < 1.29 is 4.79 Å². The zero-order valence-corrected chi connectivity index (χ0v) is 17.3. The predicted molar refractivity (Wildman–Crippen MR) is 116 cm³/mol. The highest BCUT2D eigenvalue weighted by atomic mass is 35.5. The third kappa shape index (κ3) is 4.28. The number of nitrogens with one attached hydrogen (secondary N) is 2. The number of rotatable bonds is 5. The highest BCUT2D eigenvalue weighted by Crippen LogP contribution is 2.35. The summed E-state index contributed by atoms with van der Waals surface area (Å²) in [6.45, 7) is 7.98. The summed E-state index contributed by atoms with van der Waals surface area (Å²) in [4.78, 5) is 17.2. The van der Waals surface area contributed by atoms with Crippen molar-refractivity contribution in [3.8, 4) is 0 Å². The van der Waals surface area contributed by atoms with E-state index in [-0.39, 0.29) is 5.91 Å². The number of benzene rings is 2. The lowest BCUT2D eigenvalue weighted by Gasteiger charge is -2.12. The minimum Gasteiger partial charge on any atom is -0.321 e. The Morgan fingerprint density at radius 2 is 2.07 bits per heavy atom. The first-order valence-corrected chi connectivity index (χ1v) is 9.85. The van der Waals surface area contributed by atoms with E-state index in [0.717, 1.165) is 44.3 Å². The van der Waals surface area contributed by atoms with Gasteiger partial charge in [0, 0.05) is 22.0 Å². The van der Waals surface area contributed by atoms with Crippen molar-refractivity contribution in [2.45, 2.75) is 34.1 Å². The van der Waals surface area contributed by atoms with Gasteiger partial charge in [0.25, 0.3) is 5.91 Å². The first-order chi connectivity index (χ1) is 12.9. The fourth-order valence-corrected chi connectivity index (χ4v) is 3.75. The zero-order chi connectivity index (χ0) is 19.6. The number of aryl methyl sites for hydroxylation is 2. The number of nitrogens with zero attached hydrogens (tertiary/aromatic N) is 2. The molecule has 0 spiro atoms. The maximum Gasteiger partial charge on any atom is 0.255 e. The van der Waals surface area contributed by atoms with Crippen molar-refractivity contribution in [3.05, 3.63) is 52.0 Å². The number of hydrazone groups is 1. The van der Waals surface area contributed by atoms with Crippen LogP contribution in [0, 0.1) is 13.8 Å². The molecule has 3 rings (SSSR count). The van der Waals surface area contributed by atoms with Crippen LogP contribution in [0.25, 0.3) is 10.2 Å². The molecule has 1 heterocycles. The Hall–Kier alpha value is -2.44. The minimum atomic E-state index is -0.186. The summed E-state index contributed by atoms with van der Waals surface area (Å²) < 4.78 is 1.02. The molecule has 1 amide bonds. The van der Waals surface area contributed by atoms with E-state index in [9.17, 15) is 4.79 Å². The number of aromatic nitrogens is 1. The SMILES string of the molecule is CC/C(C)=N\Nc1nc2cc(C)c(NC(=O)c3cccc(Cl)c3)c(C)c2s1. The van der Waals surface area contributed by atoms with Gasteiger partial charge in [-0.1, -0.05) is 35.9 Å². The van der Waals surface area contributed by atoms with Crippen LogP contribution in [0.15, 0.2) is 35.4 Å². The van der Waals surface area contributed by atoms with E-state index < -0.39 is 0 Å². The van der Waals surface area contributed by atoms with Crippen molar-refractivity contribution in [3.63, 3.8) is 0 Å². The summed E-state index contributed by atoms with van der Waals surface area (Å²) in [5.41, 5.74) is 8.19. The van der Waals surface area contributed by atoms with E-state index in [2.05, 4.69) is 27.8 Å². The Bertz CT molecular complexity index is 1040. The van der Waals surface area contributed by atoms with Gasteiger partial charge in [-0.15, -0.1) is 0 Å². The third-order valence-corrected chi connectivity index (χ3v) is 5.63. The van der Waals surface area contributed by atoms with Gasteiger partial charge >= 0.3 is 0 Å². The molecule has 2 N–H and O–H groups in total. The second kappa shape index (κ2) is 8.06. The van der Waals surface area contributed by atoms with E-state index in [1.54, 1.807) is 24.3 Å². The minimum absolute atomic E-state index is 0.186. The number of hydrogen-bond donors (Lipinski definition) is 2. The van der Waals surface area contributed by atoms with E-state index in [1.807, 2.05) is 26.8 Å². The fraction of sp³-hybridized carbons (Fsp3) is 0.250. The largest absolute Gasteiger partial charge is 0.321 e. The van der Waals surface area contributed by atoms with Crippen LogP contribution in [0.4, 0.5) is 10.8 Å². The molecule has 0 unspecified atom stereocenters. The van der Waals surface area contributed by atoms with Gasteiger partial charge in [0.05, 0.1) is 10.2 Å². The van der Waals surface area contributed by atoms with Gasteiger partial charge in [-0.2, -0.15) is 5.10 Å². The molecule has 0 atom stereocenters. The summed E-state index contributed by atoms with van der Waals surface area (Å²) in [6.07, 6.45) is 0.885. The number of carbonyl (C=O) groups excluding carboxylic acids is 1. The molecule has 0 aliphatic rings. The molecule has 0 aliphatic heterocycles. The lowest BCUT2D eigenvalue weighted by molar-refractivity contribution is 0.102. The topological polar surface area (TPSA) is 66.4 Å². The maximum absolute atomic E-state index is 12.6. The van der Waals surface area contributed by atoms with Crippen molar-refractivity contribution >= 4 is 55.6 Å². The van der Waals surface area contributed by atoms with Crippen molar-refractivity contribution in [2.75, 3.05) is 10.7 Å². The van der Waals surface area contributed by atoms with Crippen molar-refractivity contribution in [1.82, 2.24) is 4.98 Å². The van der Waals surface area contributed by atoms with E-state index in [1.165, 1.54) is 11.3 Å². The van der Waals surface area contributed by atoms with Crippen LogP contribution in [-0.2, 0) is 0 Å². The van der Waals surface area contributed by atoms with Crippen LogP contribution in [0.5, 0.6) is 0 Å². The van der Waals surface area contributed by atoms with Gasteiger partial charge in [0.15, 0.2) is 0 Å². The molecule has 0 bridgehead atoms. The third-order valence-electron chi connectivity index (χ3n) is 4.30. The van der Waals surface area contributed by atoms with Crippen LogP contribution in [0.1, 0.15) is 41.8 Å². The predicted octanol–water partition coefficient (Wildman–Crippen LogP) is 6.02. The molecule has 3 aromatic rings. The Balaban J connectivity index is 1.93. The van der Waals surface area contributed by atoms with Crippen LogP contribution < -0.4 is 10.7 Å². The fourth-order valence-electron chi connectivity index (χ4n) is 2.66. The number of fused-ring (bicyclic) bond motifs is 1. The van der Waals surface area contributed by atoms with Gasteiger partial charge in [-0.05, 0) is 62.6 Å². The average molecular weight is 401 g/mol. The second-order valence-electron chi connectivity index (χ2n) is 6.34. The molecule has 0 saturated carbocycles. The molecule has 140 valence electrons. The van der Waals surface area contributed by atoms with Gasteiger partial charge in [-0.3, -0.25) is 10.2 Å². The summed E-state index contributed by atoms with van der Waals surface area (Å²) in [5, 5.41) is 8.60. The molecule has 0 aliphatic carbocycles. The number of amides is 1. The lowest BCUT2D eigenvalue weighted by atomic mass is 10.1. The van der Waals surface area contributed by atoms with Gasteiger partial charge in [0.1, 0.15) is 0 Å². The zero-order valence-electron chi connectivity index (χ0n) is 15.7. The molecule has 0 fully saturated rings. The van der Waals surface area contributed by atoms with Crippen molar-refractivity contribution in [2.24, 2.45) is 5.10 Å². The van der Waals surface area contributed by atoms with E-state index in [0.29, 0.717) is 10.6 Å². The summed E-state index contributed by atoms with van der Waals surface area (Å²) in [7, 11) is 0. The van der Waals surface area contributed by atoms with Crippen LogP contribution >= 0.6 is 22.9 Å². The average Bonchev–Trinajstić information content (AvgIpc) is 3.06. The quantitative estimate of drug-likeness (QED) is 0.406. The Kier molecular flexibility index (Phi) is 5.77. The van der Waals surface area contributed by atoms with Crippen LogP contribution in [-0.4, -0.2) is 16.6 Å². The maximum atomic E-state index is 12.6. The molecular weight excluding hydrogens is 380 g/mol. The summed E-state index contributed by atoms with van der Waals surface area (Å²) in [6, 6.07) is 8.89. The smallest absolute Gasteiger partial charge is 0.255 e. The van der Waals surface area contributed by atoms with Gasteiger partial charge in [-0.25, -0.2) is 4.98 Å². The molecule has 5 nitrogen and oxygen atoms in total. The normalized spacial score (nSPS) is 11.7. The van der Waals surface area contributed by atoms with Crippen molar-refractivity contribution in [1.29, 1.82) is 0 Å². The summed E-state index contributed by atoms with van der Waals surface area (Å²) >= 11 is 7.52. The molecular formula is C20H21ClN4OS. The molecule has 0 saturated heterocycles. The molecule has 7 heteroatoms. The first kappa shape index (κ1) is 19.3. The standard InChI is InChI=1S/C20H21ClN4OS/c1-5-12(3)24-25-20-22-16-9-11(2)17(13(4)18(16)27-20)23-19(26)14-7-6-8-15(21)10-14/h6-10H,5H2,1-4H3,(H,22,25)(H,23,26)/b24-12-. The van der Waals surface area contributed by atoms with E-state index in [4.69, 9.17) is 11.6 Å². The van der Waals surface area contributed by atoms with Gasteiger partial charge < -0.3 is 5.32 Å². The molecule has 2 aromatic carbocycles. The first-order valence-electron chi connectivity index (χ1n) is 8.66. The number of anilines is 2. The Morgan fingerprint density at radius 3 is 2.78 bits per heavy atom. The second-order valence-corrected chi connectivity index (χ2v) is 7.77. The molecule has 1 aromatic heterocycles. The lowest BCUT2D eigenvalue weighted by Crippen LogP contribution is -2.13. The van der Waals surface area contributed by atoms with Crippen LogP contribution in [0.2, 0.25) is 5.02 Å². The Morgan fingerprint density at radius 1 is 1.30 bits per heavy atom. The number of halogens is 1. The highest BCUT2D eigenvalue weighted by molar-refractivity contribution is 7.22. The Labute approximate surface area is 167 Å².